The van der Waals surface area contributed by atoms with Crippen molar-refractivity contribution in [3.8, 4) is 12.3 Å². The van der Waals surface area contributed by atoms with E-state index >= 15 is 0 Å². The number of rotatable bonds is 2. The molecule has 2 fully saturated rings. The summed E-state index contributed by atoms with van der Waals surface area (Å²) in [5.41, 5.74) is 6.27. The van der Waals surface area contributed by atoms with E-state index in [2.05, 4.69) is 10.8 Å². The van der Waals surface area contributed by atoms with Gasteiger partial charge in [0.15, 0.2) is 0 Å². The Balaban J connectivity index is 2.17. The van der Waals surface area contributed by atoms with Gasteiger partial charge in [0.25, 0.3) is 0 Å². The maximum absolute atomic E-state index is 6.12. The van der Waals surface area contributed by atoms with E-state index in [0.29, 0.717) is 0 Å². The van der Waals surface area contributed by atoms with Gasteiger partial charge in [-0.3, -0.25) is 4.90 Å². The lowest BCUT2D eigenvalue weighted by Gasteiger charge is -2.41. The van der Waals surface area contributed by atoms with Crippen molar-refractivity contribution in [2.24, 2.45) is 5.73 Å². The maximum atomic E-state index is 6.12. The molecule has 2 aliphatic rings. The molecule has 1 aliphatic carbocycles. The Hall–Kier alpha value is -0.520. The molecule has 0 spiro atoms. The maximum Gasteiger partial charge on any atom is 0.0848 e. The van der Waals surface area contributed by atoms with Gasteiger partial charge in [-0.2, -0.15) is 0 Å². The van der Waals surface area contributed by atoms with Crippen LogP contribution in [0.2, 0.25) is 0 Å². The molecule has 0 radical (unpaired) electrons. The number of terminal acetylenes is 1. The second-order valence-corrected chi connectivity index (χ2v) is 4.65. The van der Waals surface area contributed by atoms with Crippen molar-refractivity contribution >= 4 is 0 Å². The van der Waals surface area contributed by atoms with Crippen LogP contribution in [0.15, 0.2) is 0 Å². The summed E-state index contributed by atoms with van der Waals surface area (Å²) in [5.74, 6) is 2.76. The van der Waals surface area contributed by atoms with E-state index in [4.69, 9.17) is 12.2 Å². The lowest BCUT2D eigenvalue weighted by molar-refractivity contribution is 0.111. The zero-order valence-corrected chi connectivity index (χ0v) is 8.84. The van der Waals surface area contributed by atoms with Crippen molar-refractivity contribution in [1.82, 2.24) is 4.90 Å². The monoisotopic (exact) mass is 192 g/mol. The largest absolute Gasteiger partial charge is 0.316 e. The third-order valence-corrected chi connectivity index (χ3v) is 3.96. The predicted molar refractivity (Wildman–Crippen MR) is 58.8 cm³/mol. The second-order valence-electron chi connectivity index (χ2n) is 4.65. The van der Waals surface area contributed by atoms with Crippen LogP contribution in [0, 0.1) is 12.3 Å². The van der Waals surface area contributed by atoms with E-state index in [1.54, 1.807) is 0 Å². The molecule has 2 N–H and O–H groups in total. The highest BCUT2D eigenvalue weighted by molar-refractivity contribution is 5.15. The second kappa shape index (κ2) is 3.92. The predicted octanol–water partition coefficient (Wildman–Crippen LogP) is 1.36. The van der Waals surface area contributed by atoms with E-state index in [0.717, 1.165) is 0 Å². The van der Waals surface area contributed by atoms with E-state index in [9.17, 15) is 0 Å². The number of nitrogens with two attached hydrogens (primary N) is 1. The molecule has 1 atom stereocenters. The summed E-state index contributed by atoms with van der Waals surface area (Å²) in [6.07, 6.45) is 13.1. The van der Waals surface area contributed by atoms with Gasteiger partial charge in [-0.05, 0) is 38.8 Å². The molecule has 0 aromatic rings. The van der Waals surface area contributed by atoms with Gasteiger partial charge in [0.05, 0.1) is 6.04 Å². The molecule has 2 nitrogen and oxygen atoms in total. The Morgan fingerprint density at radius 1 is 1.14 bits per heavy atom. The fraction of sp³-hybridized carbons (Fsp3) is 0.833. The molecule has 78 valence electrons. The highest BCUT2D eigenvalue weighted by Gasteiger charge is 2.44. The minimum Gasteiger partial charge on any atom is -0.316 e. The summed E-state index contributed by atoms with van der Waals surface area (Å²) in [4.78, 5) is 2.56. The van der Waals surface area contributed by atoms with Crippen LogP contribution in [0.5, 0.6) is 0 Å². The third kappa shape index (κ3) is 1.45. The first-order valence-corrected chi connectivity index (χ1v) is 5.76. The molecule has 0 aromatic heterocycles. The highest BCUT2D eigenvalue weighted by atomic mass is 15.2. The summed E-state index contributed by atoms with van der Waals surface area (Å²) >= 11 is 0. The normalized spacial score (nSPS) is 28.9. The molecule has 1 heterocycles. The molecule has 2 rings (SSSR count). The summed E-state index contributed by atoms with van der Waals surface area (Å²) < 4.78 is 0. The van der Waals surface area contributed by atoms with Gasteiger partial charge >= 0.3 is 0 Å². The smallest absolute Gasteiger partial charge is 0.0848 e. The van der Waals surface area contributed by atoms with Crippen LogP contribution in [-0.4, -0.2) is 29.6 Å². The highest BCUT2D eigenvalue weighted by Crippen LogP contribution is 2.39. The van der Waals surface area contributed by atoms with Crippen LogP contribution in [0.25, 0.3) is 0 Å². The average molecular weight is 192 g/mol. The SMILES string of the molecule is C#CC(N)C1(N2CCCC2)CCCC1. The first-order chi connectivity index (χ1) is 6.79. The molecular formula is C12H20N2. The summed E-state index contributed by atoms with van der Waals surface area (Å²) in [6.45, 7) is 2.41. The number of hydrogen-bond acceptors (Lipinski definition) is 2. The molecule has 14 heavy (non-hydrogen) atoms. The molecule has 2 heteroatoms. The number of nitrogens with zero attached hydrogens (tertiary/aromatic N) is 1. The fourth-order valence-electron chi connectivity index (χ4n) is 3.13. The van der Waals surface area contributed by atoms with E-state index in [-0.39, 0.29) is 11.6 Å². The molecular weight excluding hydrogens is 172 g/mol. The standard InChI is InChI=1S/C12H20N2/c1-2-11(13)12(7-3-4-8-12)14-9-5-6-10-14/h1,11H,3-10,13H2. The minimum atomic E-state index is -0.0666. The van der Waals surface area contributed by atoms with Gasteiger partial charge in [0, 0.05) is 5.54 Å². The Labute approximate surface area is 86.8 Å². The average Bonchev–Trinajstić information content (AvgIpc) is 2.86. The van der Waals surface area contributed by atoms with Crippen molar-refractivity contribution in [3.63, 3.8) is 0 Å². The van der Waals surface area contributed by atoms with Crippen molar-refractivity contribution < 1.29 is 0 Å². The topological polar surface area (TPSA) is 29.3 Å². The van der Waals surface area contributed by atoms with Gasteiger partial charge in [0.2, 0.25) is 0 Å². The van der Waals surface area contributed by atoms with Crippen molar-refractivity contribution in [1.29, 1.82) is 0 Å². The Bertz CT molecular complexity index is 229. The van der Waals surface area contributed by atoms with Crippen LogP contribution in [-0.2, 0) is 0 Å². The third-order valence-electron chi connectivity index (χ3n) is 3.96. The molecule has 1 aliphatic heterocycles. The number of likely N-dealkylation sites (tertiary alicyclic amines) is 1. The molecule has 1 saturated heterocycles. The summed E-state index contributed by atoms with van der Waals surface area (Å²) in [7, 11) is 0. The van der Waals surface area contributed by atoms with Crippen LogP contribution in [0.3, 0.4) is 0 Å². The van der Waals surface area contributed by atoms with Gasteiger partial charge < -0.3 is 5.73 Å². The van der Waals surface area contributed by atoms with Crippen LogP contribution >= 0.6 is 0 Å². The van der Waals surface area contributed by atoms with Crippen LogP contribution in [0.1, 0.15) is 38.5 Å². The lowest BCUT2D eigenvalue weighted by Crippen LogP contribution is -2.56. The molecule has 1 saturated carbocycles. The van der Waals surface area contributed by atoms with E-state index in [1.807, 2.05) is 0 Å². The van der Waals surface area contributed by atoms with Crippen LogP contribution < -0.4 is 5.73 Å². The van der Waals surface area contributed by atoms with Crippen LogP contribution in [0.4, 0.5) is 0 Å². The number of hydrogen-bond donors (Lipinski definition) is 1. The quantitative estimate of drug-likeness (QED) is 0.669. The summed E-state index contributed by atoms with van der Waals surface area (Å²) in [6, 6.07) is -0.0666. The zero-order chi connectivity index (χ0) is 10.0. The summed E-state index contributed by atoms with van der Waals surface area (Å²) in [5, 5.41) is 0. The van der Waals surface area contributed by atoms with Crippen molar-refractivity contribution in [2.45, 2.75) is 50.1 Å². The molecule has 1 unspecified atom stereocenters. The minimum absolute atomic E-state index is 0.0666. The first-order valence-electron chi connectivity index (χ1n) is 5.76. The van der Waals surface area contributed by atoms with Gasteiger partial charge in [-0.25, -0.2) is 0 Å². The Kier molecular flexibility index (Phi) is 2.80. The fourth-order valence-corrected chi connectivity index (χ4v) is 3.13. The zero-order valence-electron chi connectivity index (χ0n) is 8.84. The lowest BCUT2D eigenvalue weighted by atomic mass is 9.87. The molecule has 0 amide bonds. The van der Waals surface area contributed by atoms with E-state index < -0.39 is 0 Å². The van der Waals surface area contributed by atoms with Gasteiger partial charge in [-0.1, -0.05) is 18.8 Å². The van der Waals surface area contributed by atoms with Crippen molar-refractivity contribution in [2.75, 3.05) is 13.1 Å². The first kappa shape index (κ1) is 10.0. The van der Waals surface area contributed by atoms with E-state index in [1.165, 1.54) is 51.6 Å². The Morgan fingerprint density at radius 3 is 2.21 bits per heavy atom. The molecule has 0 aromatic carbocycles. The van der Waals surface area contributed by atoms with Gasteiger partial charge in [-0.15, -0.1) is 6.42 Å². The molecule has 0 bridgehead atoms. The van der Waals surface area contributed by atoms with Gasteiger partial charge in [0.1, 0.15) is 0 Å². The van der Waals surface area contributed by atoms with Crippen molar-refractivity contribution in [3.05, 3.63) is 0 Å². The Morgan fingerprint density at radius 2 is 1.71 bits per heavy atom.